The molecule has 5 aromatic heterocycles. The first kappa shape index (κ1) is 32.5. The fourth-order valence-corrected chi connectivity index (χ4v) is 7.60. The fraction of sp³-hybridized carbons (Fsp3) is 0. The summed E-state index contributed by atoms with van der Waals surface area (Å²) in [6, 6.07) is 43.9. The van der Waals surface area contributed by atoms with Crippen LogP contribution in [0.1, 0.15) is 5.69 Å². The van der Waals surface area contributed by atoms with Crippen LogP contribution in [-0.2, 0) is 0 Å². The number of rotatable bonds is 7. The van der Waals surface area contributed by atoms with E-state index in [-0.39, 0.29) is 0 Å². The Morgan fingerprint density at radius 2 is 0.965 bits per heavy atom. The van der Waals surface area contributed by atoms with Gasteiger partial charge in [-0.3, -0.25) is 0 Å². The number of benzene rings is 6. The summed E-state index contributed by atoms with van der Waals surface area (Å²) in [6.07, 6.45) is 9.34. The third kappa shape index (κ3) is 5.34. The first-order valence-corrected chi connectivity index (χ1v) is 18.5. The summed E-state index contributed by atoms with van der Waals surface area (Å²) < 4.78 is 19.5. The quantitative estimate of drug-likeness (QED) is 0.149. The second kappa shape index (κ2) is 13.1. The van der Waals surface area contributed by atoms with Gasteiger partial charge in [0.05, 0.1) is 11.1 Å². The van der Waals surface area contributed by atoms with E-state index in [0.29, 0.717) is 45.7 Å². The number of furan rings is 3. The van der Waals surface area contributed by atoms with Gasteiger partial charge in [0.15, 0.2) is 28.9 Å². The number of aromatic nitrogens is 5. The van der Waals surface area contributed by atoms with Crippen molar-refractivity contribution in [1.82, 2.24) is 24.9 Å². The normalized spacial score (nSPS) is 12.1. The number of hydrogen-bond donors (Lipinski definition) is 0. The molecule has 0 aliphatic carbocycles. The number of hydrogen-bond acceptors (Lipinski definition) is 8. The Morgan fingerprint density at radius 1 is 0.404 bits per heavy atom. The summed E-state index contributed by atoms with van der Waals surface area (Å²) in [5, 5.41) is 4.71. The van der Waals surface area contributed by atoms with Crippen molar-refractivity contribution in [1.29, 1.82) is 0 Å². The Balaban J connectivity index is 1.13. The van der Waals surface area contributed by atoms with Crippen LogP contribution in [0.15, 0.2) is 178 Å². The Bertz CT molecular complexity index is 3450. The van der Waals surface area contributed by atoms with Crippen LogP contribution in [0.2, 0.25) is 0 Å². The van der Waals surface area contributed by atoms with Gasteiger partial charge in [-0.05, 0) is 42.5 Å². The lowest BCUT2D eigenvalue weighted by atomic mass is 10.0. The van der Waals surface area contributed by atoms with E-state index < -0.39 is 0 Å². The van der Waals surface area contributed by atoms with Crippen LogP contribution in [0.4, 0.5) is 0 Å². The van der Waals surface area contributed by atoms with Crippen LogP contribution in [0.5, 0.6) is 0 Å². The Morgan fingerprint density at radius 3 is 1.75 bits per heavy atom. The molecule has 0 saturated heterocycles. The predicted octanol–water partition coefficient (Wildman–Crippen LogP) is 12.8. The molecule has 0 aliphatic heterocycles. The first-order valence-electron chi connectivity index (χ1n) is 18.5. The lowest BCUT2D eigenvalue weighted by Gasteiger charge is -2.09. The van der Waals surface area contributed by atoms with Crippen molar-refractivity contribution >= 4 is 72.0 Å². The van der Waals surface area contributed by atoms with Crippen molar-refractivity contribution in [3.8, 4) is 45.6 Å². The molecule has 0 N–H and O–H groups in total. The minimum absolute atomic E-state index is 0.473. The van der Waals surface area contributed by atoms with Gasteiger partial charge < -0.3 is 13.3 Å². The minimum Gasteiger partial charge on any atom is -0.455 e. The lowest BCUT2D eigenvalue weighted by Crippen LogP contribution is -2.00. The summed E-state index contributed by atoms with van der Waals surface area (Å²) in [4.78, 5) is 25.4. The van der Waals surface area contributed by atoms with Crippen molar-refractivity contribution < 1.29 is 13.3 Å². The highest BCUT2D eigenvalue weighted by Gasteiger charge is 2.23. The third-order valence-electron chi connectivity index (χ3n) is 10.2. The minimum atomic E-state index is 0.473. The standard InChI is InChI=1S/C49H29N5O3/c1-2-3-4-8-25-37-45-42(32-19-10-12-27-39(32)56-45)51-47(50-37)34-22-15-28-40-41(34)33-21-14-24-36(44(33)57-40)49-53-46(29-16-6-5-7-17-29)52-48(54-49)35-23-13-20-31-30-18-9-11-26-38(30)55-43(31)35/h2-28H,1H2/b4-3-,25-8+. The Labute approximate surface area is 324 Å². The molecular weight excluding hydrogens is 707 g/mol. The topological polar surface area (TPSA) is 104 Å². The van der Waals surface area contributed by atoms with E-state index in [0.717, 1.165) is 71.5 Å². The summed E-state index contributed by atoms with van der Waals surface area (Å²) in [6.45, 7) is 3.78. The molecule has 0 amide bonds. The molecule has 0 atom stereocenters. The average molecular weight is 736 g/mol. The monoisotopic (exact) mass is 735 g/mol. The fourth-order valence-electron chi connectivity index (χ4n) is 7.60. The van der Waals surface area contributed by atoms with Gasteiger partial charge in [0, 0.05) is 38.1 Å². The van der Waals surface area contributed by atoms with Crippen LogP contribution in [-0.4, -0.2) is 24.9 Å². The van der Waals surface area contributed by atoms with Gasteiger partial charge in [-0.2, -0.15) is 0 Å². The van der Waals surface area contributed by atoms with Crippen LogP contribution < -0.4 is 0 Å². The van der Waals surface area contributed by atoms with Crippen LogP contribution in [0.25, 0.3) is 118 Å². The van der Waals surface area contributed by atoms with E-state index in [1.54, 1.807) is 6.08 Å². The molecule has 6 aromatic carbocycles. The highest BCUT2D eigenvalue weighted by atomic mass is 16.3. The summed E-state index contributed by atoms with van der Waals surface area (Å²) in [7, 11) is 0. The van der Waals surface area contributed by atoms with E-state index in [2.05, 4.69) is 24.8 Å². The number of para-hydroxylation sites is 4. The van der Waals surface area contributed by atoms with Crippen molar-refractivity contribution in [2.45, 2.75) is 0 Å². The molecule has 8 heteroatoms. The zero-order valence-electron chi connectivity index (χ0n) is 30.3. The molecule has 0 radical (unpaired) electrons. The van der Waals surface area contributed by atoms with Gasteiger partial charge in [0.1, 0.15) is 39.1 Å². The molecule has 268 valence electrons. The maximum absolute atomic E-state index is 6.74. The first-order chi connectivity index (χ1) is 28.2. The lowest BCUT2D eigenvalue weighted by molar-refractivity contribution is 0.664. The molecule has 57 heavy (non-hydrogen) atoms. The zero-order chi connectivity index (χ0) is 37.9. The van der Waals surface area contributed by atoms with E-state index >= 15 is 0 Å². The molecule has 0 fully saturated rings. The van der Waals surface area contributed by atoms with Gasteiger partial charge in [-0.15, -0.1) is 0 Å². The second-order valence-corrected chi connectivity index (χ2v) is 13.6. The maximum Gasteiger partial charge on any atom is 0.179 e. The largest absolute Gasteiger partial charge is 0.455 e. The van der Waals surface area contributed by atoms with E-state index in [1.165, 1.54) is 0 Å². The van der Waals surface area contributed by atoms with Crippen LogP contribution in [0.3, 0.4) is 0 Å². The predicted molar refractivity (Wildman–Crippen MR) is 227 cm³/mol. The number of nitrogens with zero attached hydrogens (tertiary/aromatic N) is 5. The van der Waals surface area contributed by atoms with Gasteiger partial charge in [-0.25, -0.2) is 24.9 Å². The van der Waals surface area contributed by atoms with Gasteiger partial charge >= 0.3 is 0 Å². The SMILES string of the molecule is C=C/C=C\C=C\c1nc(-c2cccc3oc4c(-c5nc(-c6ccccc6)nc(-c6cccc7c6oc6ccccc67)n5)cccc4c23)nc2c1oc1ccccc12. The molecule has 8 nitrogen and oxygen atoms in total. The van der Waals surface area contributed by atoms with E-state index in [1.807, 2.05) is 140 Å². The van der Waals surface area contributed by atoms with Crippen LogP contribution in [0, 0.1) is 0 Å². The highest BCUT2D eigenvalue weighted by molar-refractivity contribution is 6.15. The van der Waals surface area contributed by atoms with Crippen LogP contribution >= 0.6 is 0 Å². The average Bonchev–Trinajstić information content (AvgIpc) is 3.97. The van der Waals surface area contributed by atoms with Gasteiger partial charge in [-0.1, -0.05) is 128 Å². The van der Waals surface area contributed by atoms with Gasteiger partial charge in [0.2, 0.25) is 0 Å². The molecule has 0 unspecified atom stereocenters. The molecule has 0 saturated carbocycles. The molecule has 11 rings (SSSR count). The molecule has 0 bridgehead atoms. The van der Waals surface area contributed by atoms with Crippen molar-refractivity contribution in [2.75, 3.05) is 0 Å². The van der Waals surface area contributed by atoms with E-state index in [9.17, 15) is 0 Å². The van der Waals surface area contributed by atoms with E-state index in [4.69, 9.17) is 38.2 Å². The second-order valence-electron chi connectivity index (χ2n) is 13.6. The number of allylic oxidation sites excluding steroid dienone is 4. The number of fused-ring (bicyclic) bond motifs is 9. The molecule has 0 spiro atoms. The van der Waals surface area contributed by atoms with Crippen molar-refractivity contribution in [3.63, 3.8) is 0 Å². The zero-order valence-corrected chi connectivity index (χ0v) is 30.3. The molecule has 5 heterocycles. The third-order valence-corrected chi connectivity index (χ3v) is 10.2. The van der Waals surface area contributed by atoms with Crippen molar-refractivity contribution in [2.24, 2.45) is 0 Å². The molecule has 11 aromatic rings. The molecule has 0 aliphatic rings. The highest BCUT2D eigenvalue weighted by Crippen LogP contribution is 2.42. The van der Waals surface area contributed by atoms with Gasteiger partial charge in [0.25, 0.3) is 0 Å². The summed E-state index contributed by atoms with van der Waals surface area (Å²) in [5.41, 5.74) is 8.79. The smallest absolute Gasteiger partial charge is 0.179 e. The van der Waals surface area contributed by atoms with Crippen molar-refractivity contribution in [3.05, 3.63) is 170 Å². The maximum atomic E-state index is 6.74. The Hall–Kier alpha value is -7.97. The Kier molecular flexibility index (Phi) is 7.46. The summed E-state index contributed by atoms with van der Waals surface area (Å²) >= 11 is 0. The summed E-state index contributed by atoms with van der Waals surface area (Å²) in [5.74, 6) is 2.05. The molecular formula is C49H29N5O3.